The first kappa shape index (κ1) is 17.5. The van der Waals surface area contributed by atoms with Gasteiger partial charge < -0.3 is 14.8 Å². The van der Waals surface area contributed by atoms with E-state index in [4.69, 9.17) is 9.47 Å². The minimum atomic E-state index is -0.479. The third kappa shape index (κ3) is 3.37. The first-order valence-corrected chi connectivity index (χ1v) is 8.00. The number of methoxy groups -OCH3 is 2. The molecule has 3 rings (SSSR count). The van der Waals surface area contributed by atoms with Crippen molar-refractivity contribution in [2.75, 3.05) is 14.2 Å². The van der Waals surface area contributed by atoms with Gasteiger partial charge in [0.15, 0.2) is 11.5 Å². The number of aryl methyl sites for hydroxylation is 1. The van der Waals surface area contributed by atoms with Gasteiger partial charge in [-0.1, -0.05) is 12.1 Å². The van der Waals surface area contributed by atoms with Crippen molar-refractivity contribution >= 4 is 11.6 Å². The predicted octanol–water partition coefficient (Wildman–Crippen LogP) is 1.95. The molecule has 0 radical (unpaired) electrons. The van der Waals surface area contributed by atoms with Crippen molar-refractivity contribution in [1.29, 1.82) is 0 Å². The fourth-order valence-corrected chi connectivity index (χ4v) is 2.61. The van der Waals surface area contributed by atoms with Crippen LogP contribution in [0.3, 0.4) is 0 Å². The van der Waals surface area contributed by atoms with Crippen LogP contribution >= 0.6 is 0 Å². The number of carbonyl (C=O) groups excluding carboxylic acids is 1. The van der Waals surface area contributed by atoms with Crippen LogP contribution in [0.1, 0.15) is 21.5 Å². The van der Waals surface area contributed by atoms with Gasteiger partial charge in [-0.15, -0.1) is 0 Å². The number of pyridine rings is 1. The molecule has 2 aromatic heterocycles. The van der Waals surface area contributed by atoms with E-state index < -0.39 is 11.5 Å². The quantitative estimate of drug-likeness (QED) is 0.758. The van der Waals surface area contributed by atoms with Crippen molar-refractivity contribution in [2.24, 2.45) is 0 Å². The van der Waals surface area contributed by atoms with E-state index in [0.29, 0.717) is 17.1 Å². The molecule has 0 bridgehead atoms. The molecule has 134 valence electrons. The summed E-state index contributed by atoms with van der Waals surface area (Å²) in [6, 6.07) is 8.95. The Morgan fingerprint density at radius 1 is 1.15 bits per heavy atom. The lowest BCUT2D eigenvalue weighted by Crippen LogP contribution is -2.31. The Balaban J connectivity index is 1.81. The van der Waals surface area contributed by atoms with E-state index in [1.54, 1.807) is 38.6 Å². The van der Waals surface area contributed by atoms with Gasteiger partial charge in [0, 0.05) is 18.9 Å². The number of hydrogen-bond donors (Lipinski definition) is 1. The average molecular weight is 353 g/mol. The fourth-order valence-electron chi connectivity index (χ4n) is 2.61. The predicted molar refractivity (Wildman–Crippen MR) is 96.9 cm³/mol. The van der Waals surface area contributed by atoms with Gasteiger partial charge in [0.05, 0.1) is 14.2 Å². The molecule has 26 heavy (non-hydrogen) atoms. The minimum Gasteiger partial charge on any atom is -0.493 e. The Morgan fingerprint density at radius 2 is 1.92 bits per heavy atom. The monoisotopic (exact) mass is 353 g/mol. The molecule has 1 aromatic carbocycles. The Labute approximate surface area is 150 Å². The summed E-state index contributed by atoms with van der Waals surface area (Å²) in [6.07, 6.45) is 2.97. The second kappa shape index (κ2) is 7.26. The van der Waals surface area contributed by atoms with E-state index in [0.717, 1.165) is 11.1 Å². The Hall–Kier alpha value is -3.35. The van der Waals surface area contributed by atoms with Crippen LogP contribution in [0.15, 0.2) is 47.5 Å². The average Bonchev–Trinajstić information content (AvgIpc) is 2.66. The summed E-state index contributed by atoms with van der Waals surface area (Å²) in [7, 11) is 3.10. The second-order valence-corrected chi connectivity index (χ2v) is 5.78. The zero-order valence-corrected chi connectivity index (χ0v) is 14.8. The lowest BCUT2D eigenvalue weighted by Gasteiger charge is -2.10. The molecule has 0 aliphatic rings. The van der Waals surface area contributed by atoms with Crippen LogP contribution in [0.4, 0.5) is 0 Å². The number of hydrogen-bond acceptors (Lipinski definition) is 5. The maximum Gasteiger partial charge on any atom is 0.270 e. The largest absolute Gasteiger partial charge is 0.493 e. The van der Waals surface area contributed by atoms with Gasteiger partial charge in [0.1, 0.15) is 11.2 Å². The van der Waals surface area contributed by atoms with Crippen molar-refractivity contribution in [3.05, 3.63) is 69.8 Å². The lowest BCUT2D eigenvalue weighted by atomic mass is 10.2. The number of rotatable bonds is 5. The molecule has 0 unspecified atom stereocenters. The number of nitrogens with one attached hydrogen (secondary N) is 1. The van der Waals surface area contributed by atoms with E-state index in [1.807, 2.05) is 19.1 Å². The van der Waals surface area contributed by atoms with Gasteiger partial charge in [-0.05, 0) is 36.2 Å². The fraction of sp³-hybridized carbons (Fsp3) is 0.211. The molecule has 0 aliphatic carbocycles. The summed E-state index contributed by atoms with van der Waals surface area (Å²) in [6.45, 7) is 2.12. The van der Waals surface area contributed by atoms with Crippen LogP contribution in [-0.4, -0.2) is 29.5 Å². The van der Waals surface area contributed by atoms with Crippen LogP contribution in [0.5, 0.6) is 11.5 Å². The summed E-state index contributed by atoms with van der Waals surface area (Å²) < 4.78 is 11.8. The Morgan fingerprint density at radius 3 is 2.65 bits per heavy atom. The standard InChI is InChI=1S/C19H19N3O4/c1-12-4-7-17-20-10-14(19(24)22(17)11-12)18(23)21-9-13-5-6-15(25-2)16(8-13)26-3/h4-8,10-11H,9H2,1-3H3,(H,21,23). The topological polar surface area (TPSA) is 81.9 Å². The molecule has 2 heterocycles. The summed E-state index contributed by atoms with van der Waals surface area (Å²) in [5, 5.41) is 2.74. The molecule has 0 saturated heterocycles. The van der Waals surface area contributed by atoms with E-state index in [1.165, 1.54) is 10.6 Å². The van der Waals surface area contributed by atoms with Gasteiger partial charge in [0.25, 0.3) is 11.5 Å². The molecule has 3 aromatic rings. The van der Waals surface area contributed by atoms with Crippen LogP contribution < -0.4 is 20.3 Å². The van der Waals surface area contributed by atoms with Gasteiger partial charge in [-0.2, -0.15) is 0 Å². The van der Waals surface area contributed by atoms with E-state index in [2.05, 4.69) is 10.3 Å². The molecule has 1 amide bonds. The molecule has 0 spiro atoms. The maximum absolute atomic E-state index is 12.5. The van der Waals surface area contributed by atoms with Crippen LogP contribution in [0.25, 0.3) is 5.65 Å². The molecule has 7 heteroatoms. The highest BCUT2D eigenvalue weighted by molar-refractivity contribution is 5.93. The highest BCUT2D eigenvalue weighted by Crippen LogP contribution is 2.27. The van der Waals surface area contributed by atoms with Crippen LogP contribution in [0, 0.1) is 6.92 Å². The van der Waals surface area contributed by atoms with Crippen molar-refractivity contribution in [1.82, 2.24) is 14.7 Å². The number of aromatic nitrogens is 2. The first-order valence-electron chi connectivity index (χ1n) is 8.00. The molecular weight excluding hydrogens is 334 g/mol. The Bertz CT molecular complexity index is 1030. The van der Waals surface area contributed by atoms with Crippen molar-refractivity contribution < 1.29 is 14.3 Å². The lowest BCUT2D eigenvalue weighted by molar-refractivity contribution is 0.0949. The van der Waals surface area contributed by atoms with Crippen LogP contribution in [0.2, 0.25) is 0 Å². The van der Waals surface area contributed by atoms with E-state index >= 15 is 0 Å². The minimum absolute atomic E-state index is 0.00595. The summed E-state index contributed by atoms with van der Waals surface area (Å²) in [4.78, 5) is 29.1. The third-order valence-corrected chi connectivity index (χ3v) is 4.00. The van der Waals surface area contributed by atoms with Gasteiger partial charge in [-0.3, -0.25) is 14.0 Å². The molecule has 0 atom stereocenters. The SMILES string of the molecule is COc1ccc(CNC(=O)c2cnc3ccc(C)cn3c2=O)cc1OC. The second-order valence-electron chi connectivity index (χ2n) is 5.78. The number of benzene rings is 1. The normalized spacial score (nSPS) is 10.6. The van der Waals surface area contributed by atoms with Crippen molar-refractivity contribution in [3.63, 3.8) is 0 Å². The zero-order chi connectivity index (χ0) is 18.7. The Kier molecular flexibility index (Phi) is 4.88. The van der Waals surface area contributed by atoms with Gasteiger partial charge in [-0.25, -0.2) is 4.98 Å². The highest BCUT2D eigenvalue weighted by Gasteiger charge is 2.13. The molecule has 0 saturated carbocycles. The van der Waals surface area contributed by atoms with Gasteiger partial charge in [0.2, 0.25) is 0 Å². The summed E-state index contributed by atoms with van der Waals surface area (Å²) in [5.74, 6) is 0.699. The molecular formula is C19H19N3O4. The van der Waals surface area contributed by atoms with Gasteiger partial charge >= 0.3 is 0 Å². The molecule has 7 nitrogen and oxygen atoms in total. The smallest absolute Gasteiger partial charge is 0.270 e. The summed E-state index contributed by atoms with van der Waals surface area (Å²) in [5.41, 5.74) is 1.82. The molecule has 0 aliphatic heterocycles. The molecule has 1 N–H and O–H groups in total. The van der Waals surface area contributed by atoms with E-state index in [9.17, 15) is 9.59 Å². The molecule has 0 fully saturated rings. The first-order chi connectivity index (χ1) is 12.5. The number of amides is 1. The number of carbonyl (C=O) groups is 1. The van der Waals surface area contributed by atoms with Crippen molar-refractivity contribution in [3.8, 4) is 11.5 Å². The highest BCUT2D eigenvalue weighted by atomic mass is 16.5. The number of ether oxygens (including phenoxy) is 2. The zero-order valence-electron chi connectivity index (χ0n) is 14.8. The third-order valence-electron chi connectivity index (χ3n) is 4.00. The number of fused-ring (bicyclic) bond motifs is 1. The van der Waals surface area contributed by atoms with Crippen LogP contribution in [-0.2, 0) is 6.54 Å². The summed E-state index contributed by atoms with van der Waals surface area (Å²) >= 11 is 0. The van der Waals surface area contributed by atoms with Crippen molar-refractivity contribution in [2.45, 2.75) is 13.5 Å². The number of nitrogens with zero attached hydrogens (tertiary/aromatic N) is 2. The van der Waals surface area contributed by atoms with E-state index in [-0.39, 0.29) is 12.1 Å². The maximum atomic E-state index is 12.5.